The van der Waals surface area contributed by atoms with Gasteiger partial charge in [-0.15, -0.1) is 0 Å². The Bertz CT molecular complexity index is 448. The summed E-state index contributed by atoms with van der Waals surface area (Å²) in [5.41, 5.74) is 1.17. The molecule has 2 aromatic rings. The molecule has 0 unspecified atom stereocenters. The molecule has 2 rings (SSSR count). The highest BCUT2D eigenvalue weighted by atomic mass is 19.1. The van der Waals surface area contributed by atoms with E-state index in [0.717, 1.165) is 11.3 Å². The number of imidazole rings is 1. The quantitative estimate of drug-likeness (QED) is 0.788. The Labute approximate surface area is 81.6 Å². The fourth-order valence-electron chi connectivity index (χ4n) is 1.42. The van der Waals surface area contributed by atoms with Gasteiger partial charge in [-0.1, -0.05) is 6.07 Å². The molecule has 0 atom stereocenters. The van der Waals surface area contributed by atoms with Crippen molar-refractivity contribution in [2.45, 2.75) is 6.54 Å². The molecule has 74 valence electrons. The molecule has 14 heavy (non-hydrogen) atoms. The Morgan fingerprint density at radius 1 is 1.43 bits per heavy atom. The Morgan fingerprint density at radius 3 is 2.86 bits per heavy atom. The summed E-state index contributed by atoms with van der Waals surface area (Å²) in [6.45, 7) is 0.689. The number of para-hydroxylation sites is 1. The highest BCUT2D eigenvalue weighted by Gasteiger charge is 2.06. The van der Waals surface area contributed by atoms with Crippen molar-refractivity contribution >= 4 is 11.0 Å². The Kier molecular flexibility index (Phi) is 2.21. The van der Waals surface area contributed by atoms with Gasteiger partial charge in [0.2, 0.25) is 0 Å². The third kappa shape index (κ3) is 1.61. The van der Waals surface area contributed by atoms with Crippen molar-refractivity contribution < 1.29 is 4.39 Å². The monoisotopic (exact) mass is 193 g/mol. The van der Waals surface area contributed by atoms with Crippen molar-refractivity contribution in [1.29, 1.82) is 0 Å². The topological polar surface area (TPSA) is 31.9 Å². The van der Waals surface area contributed by atoms with Gasteiger partial charge in [-0.3, -0.25) is 0 Å². The number of H-pyrrole nitrogens is 1. The van der Waals surface area contributed by atoms with Crippen LogP contribution >= 0.6 is 0 Å². The summed E-state index contributed by atoms with van der Waals surface area (Å²) in [6.07, 6.45) is 0. The smallest absolute Gasteiger partial charge is 0.151 e. The number of hydrogen-bond donors (Lipinski definition) is 1. The number of nitrogens with zero attached hydrogens (tertiary/aromatic N) is 2. The molecule has 0 fully saturated rings. The second-order valence-electron chi connectivity index (χ2n) is 3.56. The van der Waals surface area contributed by atoms with Crippen LogP contribution in [-0.4, -0.2) is 29.0 Å². The lowest BCUT2D eigenvalue weighted by Crippen LogP contribution is -2.11. The number of nitrogens with one attached hydrogen (secondary N) is 1. The molecule has 0 bridgehead atoms. The lowest BCUT2D eigenvalue weighted by molar-refractivity contribution is 0.392. The molecule has 0 aliphatic heterocycles. The van der Waals surface area contributed by atoms with Gasteiger partial charge in [0.25, 0.3) is 0 Å². The average Bonchev–Trinajstić information content (AvgIpc) is 2.47. The first-order valence-electron chi connectivity index (χ1n) is 4.44. The SMILES string of the molecule is CN(C)Cc1nc2c(F)cccc2[nH]1. The highest BCUT2D eigenvalue weighted by Crippen LogP contribution is 2.15. The standard InChI is InChI=1S/C10H12FN3/c1-14(2)6-9-12-8-5-3-4-7(11)10(8)13-9/h3-5H,6H2,1-2H3,(H,12,13). The predicted octanol–water partition coefficient (Wildman–Crippen LogP) is 1.76. The molecule has 0 spiro atoms. The molecule has 1 aromatic carbocycles. The minimum absolute atomic E-state index is 0.274. The highest BCUT2D eigenvalue weighted by molar-refractivity contribution is 5.75. The van der Waals surface area contributed by atoms with Crippen LogP contribution < -0.4 is 0 Å². The van der Waals surface area contributed by atoms with E-state index >= 15 is 0 Å². The second-order valence-corrected chi connectivity index (χ2v) is 3.56. The first-order valence-corrected chi connectivity index (χ1v) is 4.44. The Hall–Kier alpha value is -1.42. The maximum absolute atomic E-state index is 13.2. The normalized spacial score (nSPS) is 11.4. The fourth-order valence-corrected chi connectivity index (χ4v) is 1.42. The number of halogens is 1. The van der Waals surface area contributed by atoms with E-state index in [2.05, 4.69) is 9.97 Å². The van der Waals surface area contributed by atoms with Gasteiger partial charge in [-0.25, -0.2) is 9.37 Å². The van der Waals surface area contributed by atoms with Crippen LogP contribution in [0.3, 0.4) is 0 Å². The lowest BCUT2D eigenvalue weighted by Gasteiger charge is -2.04. The van der Waals surface area contributed by atoms with E-state index in [0.29, 0.717) is 12.1 Å². The molecule has 3 nitrogen and oxygen atoms in total. The number of aromatic amines is 1. The molecule has 0 saturated heterocycles. The van der Waals surface area contributed by atoms with Crippen LogP contribution in [0.25, 0.3) is 11.0 Å². The van der Waals surface area contributed by atoms with Crippen LogP contribution in [0, 0.1) is 5.82 Å². The molecular weight excluding hydrogens is 181 g/mol. The molecule has 1 heterocycles. The van der Waals surface area contributed by atoms with Gasteiger partial charge in [0.1, 0.15) is 11.3 Å². The zero-order valence-corrected chi connectivity index (χ0v) is 8.21. The third-order valence-electron chi connectivity index (χ3n) is 1.98. The van der Waals surface area contributed by atoms with Crippen molar-refractivity contribution in [3.63, 3.8) is 0 Å². The van der Waals surface area contributed by atoms with Gasteiger partial charge >= 0.3 is 0 Å². The van der Waals surface area contributed by atoms with Crippen molar-refractivity contribution in [3.8, 4) is 0 Å². The fraction of sp³-hybridized carbons (Fsp3) is 0.300. The average molecular weight is 193 g/mol. The zero-order chi connectivity index (χ0) is 10.1. The van der Waals surface area contributed by atoms with Crippen LogP contribution in [-0.2, 0) is 6.54 Å². The minimum Gasteiger partial charge on any atom is -0.341 e. The number of benzene rings is 1. The van der Waals surface area contributed by atoms with E-state index in [1.165, 1.54) is 6.07 Å². The number of hydrogen-bond acceptors (Lipinski definition) is 2. The molecule has 0 aliphatic rings. The van der Waals surface area contributed by atoms with Gasteiger partial charge in [-0.05, 0) is 26.2 Å². The van der Waals surface area contributed by atoms with Gasteiger partial charge in [0.15, 0.2) is 5.82 Å². The maximum Gasteiger partial charge on any atom is 0.151 e. The van der Waals surface area contributed by atoms with E-state index in [1.54, 1.807) is 6.07 Å². The summed E-state index contributed by atoms with van der Waals surface area (Å²) < 4.78 is 13.2. The minimum atomic E-state index is -0.274. The largest absolute Gasteiger partial charge is 0.341 e. The predicted molar refractivity (Wildman–Crippen MR) is 53.4 cm³/mol. The van der Waals surface area contributed by atoms with E-state index in [-0.39, 0.29) is 5.82 Å². The second kappa shape index (κ2) is 3.38. The molecule has 4 heteroatoms. The maximum atomic E-state index is 13.2. The molecule has 0 amide bonds. The van der Waals surface area contributed by atoms with E-state index in [9.17, 15) is 4.39 Å². The van der Waals surface area contributed by atoms with Crippen LogP contribution in [0.2, 0.25) is 0 Å². The third-order valence-corrected chi connectivity index (χ3v) is 1.98. The van der Waals surface area contributed by atoms with Crippen molar-refractivity contribution in [2.75, 3.05) is 14.1 Å². The van der Waals surface area contributed by atoms with Crippen LogP contribution in [0.1, 0.15) is 5.82 Å². The van der Waals surface area contributed by atoms with Gasteiger partial charge in [0.05, 0.1) is 12.1 Å². The van der Waals surface area contributed by atoms with Crippen molar-refractivity contribution in [1.82, 2.24) is 14.9 Å². The van der Waals surface area contributed by atoms with E-state index in [4.69, 9.17) is 0 Å². The summed E-state index contributed by atoms with van der Waals surface area (Å²) in [6, 6.07) is 4.92. The summed E-state index contributed by atoms with van der Waals surface area (Å²) in [5, 5.41) is 0. The van der Waals surface area contributed by atoms with E-state index < -0.39 is 0 Å². The van der Waals surface area contributed by atoms with Crippen molar-refractivity contribution in [3.05, 3.63) is 29.8 Å². The van der Waals surface area contributed by atoms with Gasteiger partial charge < -0.3 is 9.88 Å². The molecule has 0 radical (unpaired) electrons. The summed E-state index contributed by atoms with van der Waals surface area (Å²) >= 11 is 0. The van der Waals surface area contributed by atoms with Crippen LogP contribution in [0.5, 0.6) is 0 Å². The Balaban J connectivity index is 2.46. The number of rotatable bonds is 2. The summed E-state index contributed by atoms with van der Waals surface area (Å²) in [7, 11) is 3.90. The van der Waals surface area contributed by atoms with Crippen LogP contribution in [0.15, 0.2) is 18.2 Å². The molecular formula is C10H12FN3. The molecule has 1 aromatic heterocycles. The first kappa shape index (κ1) is 9.15. The first-order chi connectivity index (χ1) is 6.66. The summed E-state index contributed by atoms with van der Waals surface area (Å²) in [4.78, 5) is 9.24. The van der Waals surface area contributed by atoms with Crippen molar-refractivity contribution in [2.24, 2.45) is 0 Å². The Morgan fingerprint density at radius 2 is 2.21 bits per heavy atom. The lowest BCUT2D eigenvalue weighted by atomic mass is 10.3. The van der Waals surface area contributed by atoms with E-state index in [1.807, 2.05) is 25.1 Å². The van der Waals surface area contributed by atoms with Gasteiger partial charge in [0, 0.05) is 0 Å². The zero-order valence-electron chi connectivity index (χ0n) is 8.21. The molecule has 0 saturated carbocycles. The van der Waals surface area contributed by atoms with Gasteiger partial charge in [-0.2, -0.15) is 0 Å². The summed E-state index contributed by atoms with van der Waals surface area (Å²) in [5.74, 6) is 0.513. The van der Waals surface area contributed by atoms with Crippen LogP contribution in [0.4, 0.5) is 4.39 Å². The number of fused-ring (bicyclic) bond motifs is 1. The number of aromatic nitrogens is 2. The molecule has 1 N–H and O–H groups in total. The molecule has 0 aliphatic carbocycles.